The highest BCUT2D eigenvalue weighted by molar-refractivity contribution is 7.86. The molecule has 0 spiro atoms. The first-order chi connectivity index (χ1) is 20.8. The first-order valence-corrected chi connectivity index (χ1v) is 23.4. The Morgan fingerprint density at radius 2 is 0.854 bits per heavy atom. The lowest BCUT2D eigenvalue weighted by atomic mass is 10.4. The van der Waals surface area contributed by atoms with E-state index in [4.69, 9.17) is 5.11 Å². The minimum absolute atomic E-state index is 0.398. The van der Waals surface area contributed by atoms with Crippen LogP contribution in [0.25, 0.3) is 0 Å². The zero-order valence-corrected chi connectivity index (χ0v) is 29.6. The number of rotatable bonds is 9. The summed E-state index contributed by atoms with van der Waals surface area (Å²) in [5.74, 6) is -17.6. The number of hydrogen-bond donors (Lipinski definition) is 1. The number of nitrogens with zero attached hydrogens (tertiary/aromatic N) is 6. The molecule has 0 aliphatic carbocycles. The van der Waals surface area contributed by atoms with Crippen molar-refractivity contribution < 1.29 is 92.6 Å². The second-order valence-electron chi connectivity index (χ2n) is 10.0. The predicted molar refractivity (Wildman–Crippen MR) is 146 cm³/mol. The van der Waals surface area contributed by atoms with Crippen LogP contribution in [-0.4, -0.2) is 100 Å². The third kappa shape index (κ3) is 11.5. The van der Waals surface area contributed by atoms with Gasteiger partial charge >= 0.3 is 51.8 Å². The van der Waals surface area contributed by atoms with E-state index >= 15 is 0 Å². The van der Waals surface area contributed by atoms with Gasteiger partial charge in [0.15, 0.2) is 0 Å². The maximum absolute atomic E-state index is 13.8. The highest BCUT2D eigenvalue weighted by Crippen LogP contribution is 2.81. The fraction of sp³-hybridized carbons (Fsp3) is 1.00. The van der Waals surface area contributed by atoms with E-state index in [-0.39, 0.29) is 0 Å². The summed E-state index contributed by atoms with van der Waals surface area (Å²) in [6, 6.07) is 0. The average Bonchev–Trinajstić information content (AvgIpc) is 2.78. The molecule has 0 amide bonds. The molecule has 0 fully saturated rings. The average molecular weight is 864 g/mol. The van der Waals surface area contributed by atoms with Crippen LogP contribution in [0.1, 0.15) is 0 Å². The quantitative estimate of drug-likeness (QED) is 0.184. The van der Waals surface area contributed by atoms with Gasteiger partial charge in [0.25, 0.3) is 7.52 Å². The third-order valence-electron chi connectivity index (χ3n) is 5.16. The molecule has 0 bridgehead atoms. The fourth-order valence-corrected chi connectivity index (χ4v) is 25.8. The van der Waals surface area contributed by atoms with Crippen LogP contribution in [0.4, 0.5) is 78.4 Å². The Bertz CT molecular complexity index is 1450. The highest BCUT2D eigenvalue weighted by atomic mass is 31.3. The molecular formula is C15H24F18N6O3P6. The topological polar surface area (TPSA) is 113 Å². The normalized spacial score (nSPS) is 31.0. The Kier molecular flexibility index (Phi) is 13.5. The monoisotopic (exact) mass is 864 g/mol. The molecule has 2 heterocycles. The van der Waals surface area contributed by atoms with Crippen molar-refractivity contribution in [3.63, 3.8) is 0 Å². The summed E-state index contributed by atoms with van der Waals surface area (Å²) < 4.78 is 264. The number of halogens is 18. The first kappa shape index (κ1) is 46.0. The van der Waals surface area contributed by atoms with E-state index in [2.05, 4.69) is 36.1 Å². The number of hydrogen-bond acceptors (Lipinski definition) is 9. The van der Waals surface area contributed by atoms with Gasteiger partial charge in [0.2, 0.25) is 0 Å². The van der Waals surface area contributed by atoms with Crippen LogP contribution in [0.15, 0.2) is 27.1 Å². The van der Waals surface area contributed by atoms with Crippen LogP contribution in [0, 0.1) is 0 Å². The molecular weight excluding hydrogens is 840 g/mol. The van der Waals surface area contributed by atoms with Gasteiger partial charge in [-0.1, -0.05) is 0 Å². The van der Waals surface area contributed by atoms with Gasteiger partial charge in [-0.05, 0) is 20.0 Å². The minimum atomic E-state index is -6.49. The second-order valence-corrected chi connectivity index (χ2v) is 26.1. The van der Waals surface area contributed by atoms with E-state index in [0.29, 0.717) is 6.66 Å². The maximum Gasteiger partial charge on any atom is 0.453 e. The molecule has 0 aromatic rings. The van der Waals surface area contributed by atoms with Crippen LogP contribution >= 0.6 is 44.6 Å². The number of aliphatic hydroxyl groups excluding tert-OH is 1. The minimum Gasteiger partial charge on any atom is -0.386 e. The molecule has 48 heavy (non-hydrogen) atoms. The van der Waals surface area contributed by atoms with E-state index in [1.54, 1.807) is 0 Å². The number of alkyl halides is 15. The van der Waals surface area contributed by atoms with E-state index < -0.39 is 106 Å². The summed E-state index contributed by atoms with van der Waals surface area (Å²) in [6.07, 6.45) is -28.6. The zero-order valence-electron chi connectivity index (χ0n) is 24.3. The molecule has 288 valence electrons. The van der Waals surface area contributed by atoms with Gasteiger partial charge in [0.1, 0.15) is 6.35 Å². The molecule has 2 rings (SSSR count). The lowest BCUT2D eigenvalue weighted by Gasteiger charge is -2.37. The van der Waals surface area contributed by atoms with Crippen molar-refractivity contribution in [2.45, 2.75) is 36.3 Å². The zero-order chi connectivity index (χ0) is 38.5. The summed E-state index contributed by atoms with van der Waals surface area (Å²) in [7, 11) is -25.5. The van der Waals surface area contributed by atoms with Crippen molar-refractivity contribution >= 4 is 44.6 Å². The van der Waals surface area contributed by atoms with Gasteiger partial charge in [-0.25, -0.2) is 13.5 Å². The van der Waals surface area contributed by atoms with Gasteiger partial charge in [0, 0.05) is 14.2 Å². The Morgan fingerprint density at radius 1 is 0.500 bits per heavy atom. The smallest absolute Gasteiger partial charge is 0.386 e. The summed E-state index contributed by atoms with van der Waals surface area (Å²) >= 11 is 0. The van der Waals surface area contributed by atoms with Crippen molar-refractivity contribution in [1.82, 2.24) is 0 Å². The summed E-state index contributed by atoms with van der Waals surface area (Å²) in [4.78, 5) is 0. The summed E-state index contributed by atoms with van der Waals surface area (Å²) in [5.41, 5.74) is 0. The lowest BCUT2D eigenvalue weighted by molar-refractivity contribution is -0.274. The Labute approximate surface area is 260 Å². The second kappa shape index (κ2) is 14.1. The predicted octanol–water partition coefficient (Wildman–Crippen LogP) is 12.9. The van der Waals surface area contributed by atoms with E-state index in [1.807, 2.05) is 0 Å². The largest absolute Gasteiger partial charge is 0.453 e. The molecule has 0 saturated carbocycles. The molecule has 2 aliphatic heterocycles. The van der Waals surface area contributed by atoms with Crippen LogP contribution in [0.5, 0.6) is 0 Å². The SMILES string of the molecule is COP1(F)=NP(F)(CO)=NP(F)(OC)=N1.CP1(C)=NP(C)(CC(F)(F)C(F)(F)F)=NP(CC(F)(F)C(F)(F)F)(CC(F)(F)C(F)(F)F)=N1. The molecule has 4 atom stereocenters. The van der Waals surface area contributed by atoms with Gasteiger partial charge in [-0.2, -0.15) is 87.5 Å². The van der Waals surface area contributed by atoms with Gasteiger partial charge in [-0.3, -0.25) is 0 Å². The van der Waals surface area contributed by atoms with Crippen molar-refractivity contribution in [3.05, 3.63) is 0 Å². The molecule has 33 heteroatoms. The first-order valence-electron chi connectivity index (χ1n) is 11.7. The van der Waals surface area contributed by atoms with E-state index in [1.165, 1.54) is 0 Å². The summed E-state index contributed by atoms with van der Waals surface area (Å²) in [5, 5.41) is 8.64. The van der Waals surface area contributed by atoms with Crippen molar-refractivity contribution in [1.29, 1.82) is 0 Å². The highest BCUT2D eigenvalue weighted by Gasteiger charge is 2.66. The van der Waals surface area contributed by atoms with Crippen LogP contribution in [-0.2, 0) is 9.05 Å². The van der Waals surface area contributed by atoms with Crippen LogP contribution in [0.3, 0.4) is 0 Å². The fourth-order valence-electron chi connectivity index (χ4n) is 3.55. The summed E-state index contributed by atoms with van der Waals surface area (Å²) in [6.45, 7) is 1.95. The van der Waals surface area contributed by atoms with Gasteiger partial charge in [0.05, 0.1) is 40.1 Å². The Balaban J connectivity index is 0.000000637. The molecule has 0 aromatic carbocycles. The maximum atomic E-state index is 13.8. The van der Waals surface area contributed by atoms with Gasteiger partial charge in [-0.15, -0.1) is 4.52 Å². The van der Waals surface area contributed by atoms with E-state index in [0.717, 1.165) is 27.5 Å². The molecule has 2 aliphatic rings. The third-order valence-corrected chi connectivity index (χ3v) is 24.2. The molecule has 9 nitrogen and oxygen atoms in total. The Hall–Kier alpha value is -0.000000000000000666. The van der Waals surface area contributed by atoms with Crippen molar-refractivity contribution in [2.75, 3.05) is 59.0 Å². The van der Waals surface area contributed by atoms with Crippen LogP contribution < -0.4 is 0 Å². The van der Waals surface area contributed by atoms with E-state index in [9.17, 15) is 78.4 Å². The Morgan fingerprint density at radius 3 is 1.19 bits per heavy atom. The molecule has 0 saturated heterocycles. The molecule has 0 radical (unpaired) electrons. The van der Waals surface area contributed by atoms with Gasteiger partial charge < -0.3 is 14.2 Å². The van der Waals surface area contributed by atoms with Crippen molar-refractivity contribution in [2.24, 2.45) is 27.1 Å². The molecule has 4 unspecified atom stereocenters. The standard InChI is InChI=1S/C12H15F15N3P3.C3H9F3N3O3P3/c1-31(2)28-32(3,4-7(13,14)10(19,20)21)30-33(29-31,5-8(15,16)11(22,23)24)6-9(17,18)12(25,26)27;1-11-14(5)7-13(4,3-10)8-15(6,9-14)12-2/h4-6H2,1-3H3;10H,3H2,1-2H3. The number of aliphatic hydroxyl groups is 1. The van der Waals surface area contributed by atoms with Crippen molar-refractivity contribution in [3.8, 4) is 0 Å². The van der Waals surface area contributed by atoms with Crippen LogP contribution in [0.2, 0.25) is 0 Å². The lowest BCUT2D eigenvalue weighted by Crippen LogP contribution is -2.44. The molecule has 1 N–H and O–H groups in total. The molecule has 0 aromatic heterocycles.